The lowest BCUT2D eigenvalue weighted by molar-refractivity contribution is 0.0937. The van der Waals surface area contributed by atoms with Gasteiger partial charge >= 0.3 is 0 Å². The van der Waals surface area contributed by atoms with Gasteiger partial charge in [0.25, 0.3) is 5.56 Å². The standard InChI is InChI=1S/C19H26N2O2S3/c1-12-5-6-14-15(10-12)26-17-16(14)18(22)21(11-13-4-3-7-23-13)19(20-17)25-9-8-24-2/h12-13H,3-11H2,1-2H3/t12-,13+/m1/s1. The van der Waals surface area contributed by atoms with Gasteiger partial charge in [-0.15, -0.1) is 11.3 Å². The molecular formula is C19H26N2O2S3. The average molecular weight is 411 g/mol. The van der Waals surface area contributed by atoms with Crippen molar-refractivity contribution in [1.82, 2.24) is 9.55 Å². The van der Waals surface area contributed by atoms with E-state index >= 15 is 0 Å². The molecule has 4 rings (SSSR count). The highest BCUT2D eigenvalue weighted by molar-refractivity contribution is 8.02. The van der Waals surface area contributed by atoms with Crippen LogP contribution in [0.3, 0.4) is 0 Å². The van der Waals surface area contributed by atoms with Crippen molar-refractivity contribution in [2.24, 2.45) is 5.92 Å². The van der Waals surface area contributed by atoms with E-state index in [1.165, 1.54) is 16.9 Å². The van der Waals surface area contributed by atoms with Crippen molar-refractivity contribution in [1.29, 1.82) is 0 Å². The third-order valence-electron chi connectivity index (χ3n) is 5.31. The van der Waals surface area contributed by atoms with Crippen LogP contribution in [0.5, 0.6) is 0 Å². The van der Waals surface area contributed by atoms with E-state index in [-0.39, 0.29) is 11.7 Å². The van der Waals surface area contributed by atoms with Crippen LogP contribution in [0, 0.1) is 5.92 Å². The van der Waals surface area contributed by atoms with E-state index in [1.54, 1.807) is 23.1 Å². The number of ether oxygens (including phenoxy) is 1. The van der Waals surface area contributed by atoms with Gasteiger partial charge in [-0.3, -0.25) is 9.36 Å². The Balaban J connectivity index is 1.77. The number of rotatable bonds is 6. The first-order valence-corrected chi connectivity index (χ1v) is 12.7. The predicted octanol–water partition coefficient (Wildman–Crippen LogP) is 4.22. The smallest absolute Gasteiger partial charge is 0.263 e. The van der Waals surface area contributed by atoms with Gasteiger partial charge in [0, 0.05) is 23.0 Å². The van der Waals surface area contributed by atoms with E-state index < -0.39 is 0 Å². The molecule has 0 bridgehead atoms. The first kappa shape index (κ1) is 18.8. The van der Waals surface area contributed by atoms with E-state index in [0.29, 0.717) is 12.5 Å². The zero-order valence-corrected chi connectivity index (χ0v) is 17.9. The highest BCUT2D eigenvalue weighted by Gasteiger charge is 2.26. The molecule has 26 heavy (non-hydrogen) atoms. The maximum atomic E-state index is 13.4. The summed E-state index contributed by atoms with van der Waals surface area (Å²) in [5.74, 6) is 2.75. The number of aryl methyl sites for hydroxylation is 1. The summed E-state index contributed by atoms with van der Waals surface area (Å²) in [6.45, 7) is 3.76. The van der Waals surface area contributed by atoms with Crippen LogP contribution in [0.25, 0.3) is 10.2 Å². The summed E-state index contributed by atoms with van der Waals surface area (Å²) in [6.07, 6.45) is 7.69. The highest BCUT2D eigenvalue weighted by atomic mass is 32.2. The van der Waals surface area contributed by atoms with E-state index in [2.05, 4.69) is 13.2 Å². The molecule has 4 nitrogen and oxygen atoms in total. The summed E-state index contributed by atoms with van der Waals surface area (Å²) in [4.78, 5) is 20.7. The lowest BCUT2D eigenvalue weighted by Gasteiger charge is -2.18. The number of thiophene rings is 1. The minimum atomic E-state index is 0.154. The monoisotopic (exact) mass is 410 g/mol. The van der Waals surface area contributed by atoms with Crippen LogP contribution in [-0.4, -0.2) is 40.0 Å². The van der Waals surface area contributed by atoms with Crippen molar-refractivity contribution in [3.05, 3.63) is 20.8 Å². The van der Waals surface area contributed by atoms with Gasteiger partial charge in [-0.25, -0.2) is 4.98 Å². The predicted molar refractivity (Wildman–Crippen MR) is 113 cm³/mol. The molecule has 2 aliphatic rings. The second kappa shape index (κ2) is 8.25. The van der Waals surface area contributed by atoms with Crippen LogP contribution in [0.4, 0.5) is 0 Å². The fourth-order valence-electron chi connectivity index (χ4n) is 3.88. The molecule has 142 valence electrons. The molecule has 1 aliphatic heterocycles. The molecule has 1 fully saturated rings. The number of aromatic nitrogens is 2. The molecule has 0 saturated carbocycles. The maximum Gasteiger partial charge on any atom is 0.263 e. The van der Waals surface area contributed by atoms with E-state index in [9.17, 15) is 4.79 Å². The summed E-state index contributed by atoms with van der Waals surface area (Å²) in [5, 5.41) is 1.77. The summed E-state index contributed by atoms with van der Waals surface area (Å²) in [6, 6.07) is 0. The van der Waals surface area contributed by atoms with Crippen molar-refractivity contribution in [3.63, 3.8) is 0 Å². The van der Waals surface area contributed by atoms with E-state index in [0.717, 1.165) is 59.2 Å². The summed E-state index contributed by atoms with van der Waals surface area (Å²) >= 11 is 5.29. The average Bonchev–Trinajstić information content (AvgIpc) is 3.25. The largest absolute Gasteiger partial charge is 0.376 e. The minimum absolute atomic E-state index is 0.154. The molecule has 7 heteroatoms. The quantitative estimate of drug-likeness (QED) is 0.405. The molecule has 0 radical (unpaired) electrons. The van der Waals surface area contributed by atoms with Crippen molar-refractivity contribution in [3.8, 4) is 0 Å². The Morgan fingerprint density at radius 3 is 3.00 bits per heavy atom. The molecular weight excluding hydrogens is 384 g/mol. The molecule has 2 atom stereocenters. The molecule has 2 aromatic rings. The van der Waals surface area contributed by atoms with Crippen molar-refractivity contribution >= 4 is 45.1 Å². The minimum Gasteiger partial charge on any atom is -0.376 e. The Morgan fingerprint density at radius 2 is 2.23 bits per heavy atom. The van der Waals surface area contributed by atoms with Crippen molar-refractivity contribution in [2.45, 2.75) is 56.8 Å². The zero-order valence-electron chi connectivity index (χ0n) is 15.5. The molecule has 0 aromatic carbocycles. The molecule has 1 aliphatic carbocycles. The SMILES string of the molecule is CSCCSc1nc2sc3c(c2c(=O)n1C[C@@H]1CCCO1)CC[C@@H](C)C3. The van der Waals surface area contributed by atoms with Crippen LogP contribution in [0.15, 0.2) is 9.95 Å². The van der Waals surface area contributed by atoms with Gasteiger partial charge in [0.2, 0.25) is 0 Å². The normalized spacial score (nSPS) is 22.8. The van der Waals surface area contributed by atoms with Crippen LogP contribution < -0.4 is 5.56 Å². The van der Waals surface area contributed by atoms with Gasteiger partial charge in [0.15, 0.2) is 5.16 Å². The highest BCUT2D eigenvalue weighted by Crippen LogP contribution is 2.36. The number of nitrogens with zero attached hydrogens (tertiary/aromatic N) is 2. The van der Waals surface area contributed by atoms with E-state index in [4.69, 9.17) is 9.72 Å². The summed E-state index contributed by atoms with van der Waals surface area (Å²) < 4.78 is 7.73. The second-order valence-corrected chi connectivity index (χ2v) is 10.4. The Hall–Kier alpha value is -0.500. The lowest BCUT2D eigenvalue weighted by Crippen LogP contribution is -2.29. The van der Waals surface area contributed by atoms with E-state index in [1.807, 2.05) is 16.3 Å². The fourth-order valence-corrected chi connectivity index (χ4v) is 6.97. The van der Waals surface area contributed by atoms with Gasteiger partial charge in [-0.1, -0.05) is 18.7 Å². The molecule has 0 N–H and O–H groups in total. The topological polar surface area (TPSA) is 44.1 Å². The maximum absolute atomic E-state index is 13.4. The summed E-state index contributed by atoms with van der Waals surface area (Å²) in [7, 11) is 0. The van der Waals surface area contributed by atoms with Crippen LogP contribution in [-0.2, 0) is 24.1 Å². The molecule has 1 saturated heterocycles. The molecule has 0 unspecified atom stereocenters. The first-order chi connectivity index (χ1) is 12.7. The van der Waals surface area contributed by atoms with Crippen LogP contribution in [0.1, 0.15) is 36.6 Å². The van der Waals surface area contributed by atoms with Gasteiger partial charge in [0.05, 0.1) is 18.0 Å². The third kappa shape index (κ3) is 3.73. The molecule has 0 spiro atoms. The molecule has 0 amide bonds. The van der Waals surface area contributed by atoms with Crippen LogP contribution >= 0.6 is 34.9 Å². The number of hydrogen-bond acceptors (Lipinski definition) is 6. The Bertz CT molecular complexity index is 839. The Morgan fingerprint density at radius 1 is 1.35 bits per heavy atom. The Labute approximate surface area is 167 Å². The van der Waals surface area contributed by atoms with Gasteiger partial charge in [0.1, 0.15) is 4.83 Å². The lowest BCUT2D eigenvalue weighted by atomic mass is 9.89. The molecule has 3 heterocycles. The van der Waals surface area contributed by atoms with Crippen molar-refractivity contribution < 1.29 is 4.74 Å². The zero-order chi connectivity index (χ0) is 18.1. The fraction of sp³-hybridized carbons (Fsp3) is 0.684. The Kier molecular flexibility index (Phi) is 5.98. The third-order valence-corrected chi connectivity index (χ3v) is 8.31. The number of thioether (sulfide) groups is 2. The van der Waals surface area contributed by atoms with Crippen molar-refractivity contribution in [2.75, 3.05) is 24.4 Å². The van der Waals surface area contributed by atoms with Crippen LogP contribution in [0.2, 0.25) is 0 Å². The number of fused-ring (bicyclic) bond motifs is 3. The number of hydrogen-bond donors (Lipinski definition) is 0. The van der Waals surface area contributed by atoms with Gasteiger partial charge in [-0.2, -0.15) is 11.8 Å². The van der Waals surface area contributed by atoms with Gasteiger partial charge in [-0.05, 0) is 49.8 Å². The first-order valence-electron chi connectivity index (χ1n) is 9.45. The second-order valence-electron chi connectivity index (χ2n) is 7.32. The van der Waals surface area contributed by atoms with Gasteiger partial charge < -0.3 is 4.74 Å². The summed E-state index contributed by atoms with van der Waals surface area (Å²) in [5.41, 5.74) is 1.44. The molecule has 2 aromatic heterocycles.